The van der Waals surface area contributed by atoms with Crippen LogP contribution in [0.5, 0.6) is 0 Å². The number of carbonyl (C=O) groups excluding carboxylic acids is 1. The largest absolute Gasteiger partial charge is 0.433 e. The van der Waals surface area contributed by atoms with E-state index in [9.17, 15) is 18.0 Å². The smallest absolute Gasteiger partial charge is 0.340 e. The van der Waals surface area contributed by atoms with Gasteiger partial charge < -0.3 is 9.47 Å². The molecule has 29 heavy (non-hydrogen) atoms. The predicted octanol–water partition coefficient (Wildman–Crippen LogP) is 3.83. The van der Waals surface area contributed by atoms with Gasteiger partial charge in [-0.2, -0.15) is 13.2 Å². The average Bonchev–Trinajstić information content (AvgIpc) is 3.41. The fraction of sp³-hybridized carbons (Fsp3) is 0.368. The highest BCUT2D eigenvalue weighted by Crippen LogP contribution is 2.34. The van der Waals surface area contributed by atoms with Crippen molar-refractivity contribution in [1.82, 2.24) is 24.4 Å². The lowest BCUT2D eigenvalue weighted by Crippen LogP contribution is -2.41. The van der Waals surface area contributed by atoms with Crippen LogP contribution < -0.4 is 0 Å². The second-order valence-corrected chi connectivity index (χ2v) is 7.83. The van der Waals surface area contributed by atoms with E-state index in [0.717, 1.165) is 6.07 Å². The zero-order valence-electron chi connectivity index (χ0n) is 15.3. The molecule has 0 N–H and O–H groups in total. The first-order chi connectivity index (χ1) is 13.9. The summed E-state index contributed by atoms with van der Waals surface area (Å²) in [4.78, 5) is 27.1. The summed E-state index contributed by atoms with van der Waals surface area (Å²) < 4.78 is 41.9. The minimum atomic E-state index is -4.56. The Balaban J connectivity index is 1.59. The number of imidazole rings is 1. The molecule has 4 rings (SSSR count). The van der Waals surface area contributed by atoms with E-state index in [2.05, 4.69) is 15.0 Å². The van der Waals surface area contributed by atoms with Gasteiger partial charge in [0.15, 0.2) is 0 Å². The molecule has 1 amide bonds. The van der Waals surface area contributed by atoms with Crippen LogP contribution in [0.3, 0.4) is 0 Å². The first kappa shape index (κ1) is 19.6. The van der Waals surface area contributed by atoms with Crippen LogP contribution in [0, 0.1) is 0 Å². The number of halogens is 3. The second-order valence-electron chi connectivity index (χ2n) is 6.89. The first-order valence-corrected chi connectivity index (χ1v) is 10.0. The Morgan fingerprint density at radius 2 is 2.17 bits per heavy atom. The van der Waals surface area contributed by atoms with Crippen LogP contribution in [0.2, 0.25) is 0 Å². The maximum absolute atomic E-state index is 13.4. The van der Waals surface area contributed by atoms with E-state index >= 15 is 0 Å². The van der Waals surface area contributed by atoms with Gasteiger partial charge in [-0.1, -0.05) is 6.07 Å². The highest BCUT2D eigenvalue weighted by Gasteiger charge is 2.35. The van der Waals surface area contributed by atoms with Crippen LogP contribution in [0.1, 0.15) is 30.3 Å². The molecule has 4 heterocycles. The van der Waals surface area contributed by atoms with Crippen molar-refractivity contribution in [2.75, 3.05) is 13.1 Å². The number of carbonyl (C=O) groups is 1. The standard InChI is InChI=1S/C19H18F3N5OS/c20-19(21,22)16-9-14(15-4-2-8-29-15)24-18(25-16)13-3-1-6-27(10-13)17(28)11-26-7-5-23-12-26/h2,4-5,7-9,12-13H,1,3,6,10-11H2/t13-/m0/s1. The van der Waals surface area contributed by atoms with E-state index in [-0.39, 0.29) is 29.9 Å². The molecule has 0 spiro atoms. The zero-order valence-corrected chi connectivity index (χ0v) is 16.2. The van der Waals surface area contributed by atoms with Crippen molar-refractivity contribution in [2.45, 2.75) is 31.5 Å². The molecule has 0 bridgehead atoms. The van der Waals surface area contributed by atoms with Crippen molar-refractivity contribution in [1.29, 1.82) is 0 Å². The Hall–Kier alpha value is -2.75. The lowest BCUT2D eigenvalue weighted by molar-refractivity contribution is -0.141. The molecule has 1 atom stereocenters. The number of rotatable bonds is 4. The van der Waals surface area contributed by atoms with Gasteiger partial charge in [0.25, 0.3) is 0 Å². The Morgan fingerprint density at radius 3 is 2.86 bits per heavy atom. The molecule has 3 aromatic rings. The molecule has 3 aromatic heterocycles. The van der Waals surface area contributed by atoms with Gasteiger partial charge in [0.05, 0.1) is 16.9 Å². The molecule has 0 aromatic carbocycles. The van der Waals surface area contributed by atoms with E-state index in [1.807, 2.05) is 0 Å². The van der Waals surface area contributed by atoms with Gasteiger partial charge in [0.1, 0.15) is 18.1 Å². The molecule has 1 saturated heterocycles. The Morgan fingerprint density at radius 1 is 1.31 bits per heavy atom. The van der Waals surface area contributed by atoms with Gasteiger partial charge in [-0.05, 0) is 30.4 Å². The van der Waals surface area contributed by atoms with Crippen molar-refractivity contribution in [3.63, 3.8) is 0 Å². The van der Waals surface area contributed by atoms with Crippen molar-refractivity contribution in [3.05, 3.63) is 53.8 Å². The number of likely N-dealkylation sites (tertiary alicyclic amines) is 1. The summed E-state index contributed by atoms with van der Waals surface area (Å²) in [5.41, 5.74) is -0.688. The topological polar surface area (TPSA) is 63.9 Å². The lowest BCUT2D eigenvalue weighted by atomic mass is 9.96. The third kappa shape index (κ3) is 4.47. The van der Waals surface area contributed by atoms with E-state index in [0.29, 0.717) is 30.8 Å². The molecule has 1 aliphatic heterocycles. The summed E-state index contributed by atoms with van der Waals surface area (Å²) in [6.07, 6.45) is 1.61. The van der Waals surface area contributed by atoms with Crippen LogP contribution in [0.25, 0.3) is 10.6 Å². The number of thiophene rings is 1. The molecule has 1 aliphatic rings. The second kappa shape index (κ2) is 7.94. The number of amides is 1. The van der Waals surface area contributed by atoms with E-state index in [1.165, 1.54) is 11.3 Å². The van der Waals surface area contributed by atoms with Crippen LogP contribution in [-0.4, -0.2) is 43.4 Å². The average molecular weight is 421 g/mol. The lowest BCUT2D eigenvalue weighted by Gasteiger charge is -2.32. The minimum absolute atomic E-state index is 0.0989. The molecular formula is C19H18F3N5OS. The normalized spacial score (nSPS) is 17.5. The summed E-state index contributed by atoms with van der Waals surface area (Å²) >= 11 is 1.33. The summed E-state index contributed by atoms with van der Waals surface area (Å²) in [5.74, 6) is -0.294. The molecule has 152 valence electrons. The van der Waals surface area contributed by atoms with Gasteiger partial charge in [-0.15, -0.1) is 11.3 Å². The molecule has 1 fully saturated rings. The van der Waals surface area contributed by atoms with Crippen LogP contribution in [0.4, 0.5) is 13.2 Å². The number of piperidine rings is 1. The quantitative estimate of drug-likeness (QED) is 0.642. The molecule has 10 heteroatoms. The maximum atomic E-state index is 13.4. The van der Waals surface area contributed by atoms with Crippen molar-refractivity contribution in [3.8, 4) is 10.6 Å². The van der Waals surface area contributed by atoms with Crippen molar-refractivity contribution < 1.29 is 18.0 Å². The van der Waals surface area contributed by atoms with Crippen LogP contribution >= 0.6 is 11.3 Å². The molecule has 0 aliphatic carbocycles. The number of hydrogen-bond donors (Lipinski definition) is 0. The fourth-order valence-electron chi connectivity index (χ4n) is 3.40. The molecule has 0 saturated carbocycles. The van der Waals surface area contributed by atoms with Crippen molar-refractivity contribution >= 4 is 17.2 Å². The third-order valence-corrected chi connectivity index (χ3v) is 5.72. The van der Waals surface area contributed by atoms with Crippen LogP contribution in [0.15, 0.2) is 42.3 Å². The molecule has 0 radical (unpaired) electrons. The summed E-state index contributed by atoms with van der Waals surface area (Å²) in [6.45, 7) is 1.02. The van der Waals surface area contributed by atoms with Gasteiger partial charge in [0.2, 0.25) is 5.91 Å². The molecular weight excluding hydrogens is 403 g/mol. The van der Waals surface area contributed by atoms with E-state index in [4.69, 9.17) is 0 Å². The Kier molecular flexibility index (Phi) is 5.35. The molecule has 0 unspecified atom stereocenters. The summed E-state index contributed by atoms with van der Waals surface area (Å²) in [7, 11) is 0. The van der Waals surface area contributed by atoms with E-state index < -0.39 is 11.9 Å². The van der Waals surface area contributed by atoms with Gasteiger partial charge in [-0.25, -0.2) is 15.0 Å². The summed E-state index contributed by atoms with van der Waals surface area (Å²) in [6, 6.07) is 4.49. The van der Waals surface area contributed by atoms with E-state index in [1.54, 1.807) is 45.7 Å². The number of hydrogen-bond acceptors (Lipinski definition) is 5. The first-order valence-electron chi connectivity index (χ1n) is 9.14. The summed E-state index contributed by atoms with van der Waals surface area (Å²) in [5, 5.41) is 1.79. The highest BCUT2D eigenvalue weighted by atomic mass is 32.1. The minimum Gasteiger partial charge on any atom is -0.340 e. The number of aromatic nitrogens is 4. The maximum Gasteiger partial charge on any atom is 0.433 e. The molecule has 6 nitrogen and oxygen atoms in total. The highest BCUT2D eigenvalue weighted by molar-refractivity contribution is 7.13. The van der Waals surface area contributed by atoms with Gasteiger partial charge >= 0.3 is 6.18 Å². The van der Waals surface area contributed by atoms with Crippen molar-refractivity contribution in [2.24, 2.45) is 0 Å². The zero-order chi connectivity index (χ0) is 20.4. The number of alkyl halides is 3. The Bertz CT molecular complexity index is 972. The van der Waals surface area contributed by atoms with Gasteiger partial charge in [0, 0.05) is 31.4 Å². The van der Waals surface area contributed by atoms with Crippen LogP contribution in [-0.2, 0) is 17.5 Å². The Labute approximate surface area is 169 Å². The predicted molar refractivity (Wildman–Crippen MR) is 101 cm³/mol. The fourth-order valence-corrected chi connectivity index (χ4v) is 4.08. The van der Waals surface area contributed by atoms with Gasteiger partial charge in [-0.3, -0.25) is 4.79 Å². The number of nitrogens with zero attached hydrogens (tertiary/aromatic N) is 5. The SMILES string of the molecule is O=C(Cn1ccnc1)N1CCC[C@H](c2nc(-c3cccs3)cc(C(F)(F)F)n2)C1. The third-order valence-electron chi connectivity index (χ3n) is 4.82. The monoisotopic (exact) mass is 421 g/mol.